The lowest BCUT2D eigenvalue weighted by molar-refractivity contribution is 0.448. The van der Waals surface area contributed by atoms with Crippen molar-refractivity contribution >= 4 is 46.4 Å². The molecule has 0 saturated heterocycles. The van der Waals surface area contributed by atoms with Crippen molar-refractivity contribution in [2.75, 3.05) is 0 Å². The zero-order valence-electron chi connectivity index (χ0n) is 17.0. The highest BCUT2D eigenvalue weighted by molar-refractivity contribution is 5.88. The van der Waals surface area contributed by atoms with Gasteiger partial charge in [-0.1, -0.05) is 0 Å². The molecule has 0 amide bonds. The summed E-state index contributed by atoms with van der Waals surface area (Å²) in [6.07, 6.45) is 7.57. The second-order valence-electron chi connectivity index (χ2n) is 7.84. The second kappa shape index (κ2) is 7.34. The highest BCUT2D eigenvalue weighted by Gasteiger charge is 2.14. The summed E-state index contributed by atoms with van der Waals surface area (Å²) in [4.78, 5) is 15.8. The van der Waals surface area contributed by atoms with Gasteiger partial charge in [0.05, 0.1) is 22.8 Å². The maximum atomic E-state index is 14.0. The third-order valence-electron chi connectivity index (χ3n) is 5.46. The van der Waals surface area contributed by atoms with Crippen molar-refractivity contribution in [3.8, 4) is 11.1 Å². The maximum absolute atomic E-state index is 14.0. The number of hydrogen-bond acceptors (Lipinski definition) is 2. The highest BCUT2D eigenvalue weighted by atomic mass is 19.2. The molecule has 0 aliphatic carbocycles. The molecule has 8 bridgehead atoms. The molecule has 6 rings (SSSR count). The van der Waals surface area contributed by atoms with E-state index >= 15 is 0 Å². The number of benzene rings is 1. The first kappa shape index (κ1) is 19.3. The predicted molar refractivity (Wildman–Crippen MR) is 124 cm³/mol. The van der Waals surface area contributed by atoms with Crippen LogP contribution >= 0.6 is 0 Å². The summed E-state index contributed by atoms with van der Waals surface area (Å²) in [5.74, 6) is -3.97. The minimum atomic E-state index is -1.49. The van der Waals surface area contributed by atoms with Crippen molar-refractivity contribution in [2.45, 2.75) is 0 Å². The minimum absolute atomic E-state index is 0.221. The fourth-order valence-corrected chi connectivity index (χ4v) is 3.97. The van der Waals surface area contributed by atoms with Gasteiger partial charge in [-0.3, -0.25) is 0 Å². The molecule has 33 heavy (non-hydrogen) atoms. The van der Waals surface area contributed by atoms with E-state index in [4.69, 9.17) is 0 Å². The summed E-state index contributed by atoms with van der Waals surface area (Å²) in [6.45, 7) is 0. The summed E-state index contributed by atoms with van der Waals surface area (Å²) in [6, 6.07) is 15.1. The number of fused-ring (bicyclic) bond motifs is 8. The first-order valence-electron chi connectivity index (χ1n) is 10.2. The van der Waals surface area contributed by atoms with Gasteiger partial charge in [0.1, 0.15) is 0 Å². The van der Waals surface area contributed by atoms with E-state index in [1.54, 1.807) is 12.1 Å². The molecular weight excluding hydrogens is 425 g/mol. The van der Waals surface area contributed by atoms with E-state index < -0.39 is 17.5 Å². The molecule has 0 atom stereocenters. The molecule has 3 aromatic heterocycles. The molecule has 7 heteroatoms. The lowest BCUT2D eigenvalue weighted by Gasteiger charge is -2.02. The van der Waals surface area contributed by atoms with Crippen LogP contribution in [0.25, 0.3) is 57.5 Å². The van der Waals surface area contributed by atoms with Crippen molar-refractivity contribution in [1.29, 1.82) is 0 Å². The van der Waals surface area contributed by atoms with Crippen LogP contribution in [-0.4, -0.2) is 19.9 Å². The molecule has 1 aromatic carbocycles. The van der Waals surface area contributed by atoms with Gasteiger partial charge in [0.2, 0.25) is 0 Å². The average molecular weight is 440 g/mol. The third kappa shape index (κ3) is 3.63. The first-order valence-corrected chi connectivity index (χ1v) is 10.2. The summed E-state index contributed by atoms with van der Waals surface area (Å²) >= 11 is 0. The Balaban J connectivity index is 1.67. The van der Waals surface area contributed by atoms with Gasteiger partial charge < -0.3 is 9.97 Å². The summed E-state index contributed by atoms with van der Waals surface area (Å²) in [5.41, 5.74) is 6.76. The van der Waals surface area contributed by atoms with Crippen LogP contribution in [0.5, 0.6) is 0 Å². The Bertz CT molecular complexity index is 1630. The standard InChI is InChI=1S/C26H15F3N4/c27-23-7-14(8-24(28)26(23)29)22-12-21-11-19-4-3-17(31-19)9-15-1-2-16(30-15)10-18-5-6-20(32-18)13-25(22)33-21/h1-13,31,33H. The Morgan fingerprint density at radius 1 is 0.545 bits per heavy atom. The van der Waals surface area contributed by atoms with Gasteiger partial charge in [-0.25, -0.2) is 23.1 Å². The molecule has 5 heterocycles. The van der Waals surface area contributed by atoms with E-state index in [1.165, 1.54) is 0 Å². The largest absolute Gasteiger partial charge is 0.355 e. The normalized spacial score (nSPS) is 12.5. The minimum Gasteiger partial charge on any atom is -0.355 e. The van der Waals surface area contributed by atoms with Crippen LogP contribution in [0.1, 0.15) is 22.8 Å². The highest BCUT2D eigenvalue weighted by Crippen LogP contribution is 2.30. The molecular formula is C26H15F3N4. The van der Waals surface area contributed by atoms with E-state index in [2.05, 4.69) is 19.9 Å². The number of hydrogen-bond donors (Lipinski definition) is 2. The first-order chi connectivity index (χ1) is 16.0. The topological polar surface area (TPSA) is 57.4 Å². The number of nitrogens with zero attached hydrogens (tertiary/aromatic N) is 2. The molecule has 0 spiro atoms. The number of H-pyrrole nitrogens is 2. The number of nitrogens with one attached hydrogen (secondary N) is 2. The van der Waals surface area contributed by atoms with Crippen molar-refractivity contribution in [3.63, 3.8) is 0 Å². The molecule has 160 valence electrons. The summed E-state index contributed by atoms with van der Waals surface area (Å²) in [7, 11) is 0. The van der Waals surface area contributed by atoms with E-state index in [1.807, 2.05) is 54.6 Å². The Kier molecular flexibility index (Phi) is 4.29. The molecule has 4 nitrogen and oxygen atoms in total. The zero-order chi connectivity index (χ0) is 22.5. The molecule has 0 fully saturated rings. The quantitative estimate of drug-likeness (QED) is 0.278. The maximum Gasteiger partial charge on any atom is 0.194 e. The lowest BCUT2D eigenvalue weighted by Crippen LogP contribution is -1.91. The lowest BCUT2D eigenvalue weighted by atomic mass is 10.1. The molecule has 0 radical (unpaired) electrons. The molecule has 2 aliphatic heterocycles. The second-order valence-corrected chi connectivity index (χ2v) is 7.84. The van der Waals surface area contributed by atoms with Crippen LogP contribution in [0.15, 0.2) is 54.6 Å². The van der Waals surface area contributed by atoms with Crippen molar-refractivity contribution in [1.82, 2.24) is 19.9 Å². The monoisotopic (exact) mass is 440 g/mol. The van der Waals surface area contributed by atoms with Crippen LogP contribution in [0.2, 0.25) is 0 Å². The van der Waals surface area contributed by atoms with E-state index in [9.17, 15) is 13.2 Å². The van der Waals surface area contributed by atoms with Crippen molar-refractivity contribution in [3.05, 3.63) is 94.8 Å². The predicted octanol–water partition coefficient (Wildman–Crippen LogP) is 6.74. The van der Waals surface area contributed by atoms with E-state index in [-0.39, 0.29) is 5.56 Å². The number of rotatable bonds is 1. The SMILES string of the molecule is Fc1cc(-c2cc3cc4ccc(cc5nc(cc6nc(cc2[nH]3)C=C6)C=C5)[nH]4)cc(F)c1F. The fourth-order valence-electron chi connectivity index (χ4n) is 3.97. The Morgan fingerprint density at radius 2 is 1.12 bits per heavy atom. The third-order valence-corrected chi connectivity index (χ3v) is 5.46. The zero-order valence-corrected chi connectivity index (χ0v) is 17.0. The van der Waals surface area contributed by atoms with E-state index in [0.717, 1.165) is 40.2 Å². The van der Waals surface area contributed by atoms with E-state index in [0.29, 0.717) is 22.3 Å². The molecule has 2 N–H and O–H groups in total. The molecule has 2 aliphatic rings. The number of aromatic amines is 2. The van der Waals surface area contributed by atoms with Crippen molar-refractivity contribution in [2.24, 2.45) is 0 Å². The average Bonchev–Trinajstić information content (AvgIpc) is 3.56. The van der Waals surface area contributed by atoms with Gasteiger partial charge in [0.15, 0.2) is 17.5 Å². The number of halogens is 3. The Labute approximate surface area is 185 Å². The van der Waals surface area contributed by atoms with Gasteiger partial charge in [0, 0.05) is 27.6 Å². The van der Waals surface area contributed by atoms with Gasteiger partial charge in [-0.15, -0.1) is 0 Å². The van der Waals surface area contributed by atoms with Gasteiger partial charge >= 0.3 is 0 Å². The van der Waals surface area contributed by atoms with Crippen LogP contribution < -0.4 is 0 Å². The number of aromatic nitrogens is 4. The van der Waals surface area contributed by atoms with Crippen LogP contribution in [-0.2, 0) is 0 Å². The van der Waals surface area contributed by atoms with Gasteiger partial charge in [-0.05, 0) is 84.5 Å². The molecule has 0 saturated carbocycles. The van der Waals surface area contributed by atoms with Gasteiger partial charge in [-0.2, -0.15) is 0 Å². The van der Waals surface area contributed by atoms with Crippen LogP contribution in [0.4, 0.5) is 13.2 Å². The fraction of sp³-hybridized carbons (Fsp3) is 0. The van der Waals surface area contributed by atoms with Crippen LogP contribution in [0, 0.1) is 17.5 Å². The smallest absolute Gasteiger partial charge is 0.194 e. The van der Waals surface area contributed by atoms with Crippen LogP contribution in [0.3, 0.4) is 0 Å². The van der Waals surface area contributed by atoms with Gasteiger partial charge in [0.25, 0.3) is 0 Å². The Morgan fingerprint density at radius 3 is 1.79 bits per heavy atom. The molecule has 0 unspecified atom stereocenters. The molecule has 4 aromatic rings. The summed E-state index contributed by atoms with van der Waals surface area (Å²) < 4.78 is 41.5. The Hall–Kier alpha value is -4.39. The van der Waals surface area contributed by atoms with Crippen molar-refractivity contribution < 1.29 is 13.2 Å². The summed E-state index contributed by atoms with van der Waals surface area (Å²) in [5, 5.41) is 0.